The molecule has 24 heavy (non-hydrogen) atoms. The van der Waals surface area contributed by atoms with Gasteiger partial charge < -0.3 is 10.1 Å². The maximum atomic E-state index is 12.2. The standard InChI is InChI=1S/C17H12Br2N2O2S/c1-23-14-7-6-11(18)8-10(14)9-15-16(22)21-17(24-15)20-13-5-3-2-4-12(13)19/h2-9H,1H3,(H,20,21,22)/b15-9+. The smallest absolute Gasteiger partial charge is 0.264 e. The lowest BCUT2D eigenvalue weighted by Crippen LogP contribution is -2.19. The predicted octanol–water partition coefficient (Wildman–Crippen LogP) is 5.11. The number of hydrogen-bond acceptors (Lipinski definition) is 4. The number of carbonyl (C=O) groups is 1. The van der Waals surface area contributed by atoms with Crippen LogP contribution in [0.15, 0.2) is 61.3 Å². The summed E-state index contributed by atoms with van der Waals surface area (Å²) in [6.07, 6.45) is 1.80. The van der Waals surface area contributed by atoms with Gasteiger partial charge in [0.05, 0.1) is 17.7 Å². The molecule has 0 atom stereocenters. The normalized spacial score (nSPS) is 17.4. The average molecular weight is 468 g/mol. The van der Waals surface area contributed by atoms with E-state index in [0.717, 1.165) is 20.2 Å². The summed E-state index contributed by atoms with van der Waals surface area (Å²) in [7, 11) is 1.60. The van der Waals surface area contributed by atoms with Crippen LogP contribution in [0.4, 0.5) is 5.69 Å². The van der Waals surface area contributed by atoms with E-state index in [9.17, 15) is 4.79 Å². The molecule has 0 spiro atoms. The fourth-order valence-corrected chi connectivity index (χ4v) is 3.67. The topological polar surface area (TPSA) is 50.7 Å². The Bertz CT molecular complexity index is 865. The Hall–Kier alpha value is -1.57. The number of methoxy groups -OCH3 is 1. The molecule has 2 aromatic carbocycles. The van der Waals surface area contributed by atoms with Crippen LogP contribution in [0.2, 0.25) is 0 Å². The van der Waals surface area contributed by atoms with Gasteiger partial charge in [0.2, 0.25) is 0 Å². The van der Waals surface area contributed by atoms with Crippen LogP contribution in [-0.2, 0) is 4.79 Å². The molecule has 0 aromatic heterocycles. The Morgan fingerprint density at radius 1 is 1.21 bits per heavy atom. The van der Waals surface area contributed by atoms with Crippen LogP contribution >= 0.6 is 43.6 Å². The number of amidine groups is 1. The Kier molecular flexibility index (Phi) is 5.43. The molecule has 0 bridgehead atoms. The van der Waals surface area contributed by atoms with E-state index in [0.29, 0.717) is 15.8 Å². The molecule has 0 saturated carbocycles. The summed E-state index contributed by atoms with van der Waals surface area (Å²) in [6, 6.07) is 13.2. The lowest BCUT2D eigenvalue weighted by molar-refractivity contribution is -0.115. The number of amides is 1. The first-order chi connectivity index (χ1) is 11.6. The largest absolute Gasteiger partial charge is 0.496 e. The zero-order valence-electron chi connectivity index (χ0n) is 12.5. The van der Waals surface area contributed by atoms with Gasteiger partial charge in [0.15, 0.2) is 5.17 Å². The third-order valence-corrected chi connectivity index (χ3v) is 5.28. The van der Waals surface area contributed by atoms with Crippen LogP contribution in [0, 0.1) is 0 Å². The highest BCUT2D eigenvalue weighted by Crippen LogP contribution is 2.33. The molecule has 7 heteroatoms. The number of nitrogens with zero attached hydrogens (tertiary/aromatic N) is 1. The number of nitrogens with one attached hydrogen (secondary N) is 1. The molecule has 1 aliphatic rings. The molecule has 1 saturated heterocycles. The number of para-hydroxylation sites is 1. The Morgan fingerprint density at radius 2 is 2.00 bits per heavy atom. The average Bonchev–Trinajstić information content (AvgIpc) is 2.89. The summed E-state index contributed by atoms with van der Waals surface area (Å²) in [5.41, 5.74) is 1.59. The first-order valence-electron chi connectivity index (χ1n) is 6.94. The summed E-state index contributed by atoms with van der Waals surface area (Å²) in [5, 5.41) is 3.33. The molecule has 122 valence electrons. The number of carbonyl (C=O) groups excluding carboxylic acids is 1. The van der Waals surface area contributed by atoms with E-state index < -0.39 is 0 Å². The summed E-state index contributed by atoms with van der Waals surface area (Å²) >= 11 is 8.18. The maximum absolute atomic E-state index is 12.2. The van der Waals surface area contributed by atoms with Gasteiger partial charge >= 0.3 is 0 Å². The minimum atomic E-state index is -0.173. The number of thioether (sulfide) groups is 1. The molecule has 4 nitrogen and oxygen atoms in total. The number of aliphatic imine (C=N–C) groups is 1. The minimum Gasteiger partial charge on any atom is -0.496 e. The molecule has 1 aliphatic heterocycles. The van der Waals surface area contributed by atoms with Crippen molar-refractivity contribution in [2.75, 3.05) is 7.11 Å². The summed E-state index contributed by atoms with van der Waals surface area (Å²) < 4.78 is 7.13. The molecule has 0 unspecified atom stereocenters. The van der Waals surface area contributed by atoms with Crippen molar-refractivity contribution in [3.8, 4) is 5.75 Å². The van der Waals surface area contributed by atoms with Gasteiger partial charge in [0.1, 0.15) is 5.75 Å². The molecule has 0 radical (unpaired) electrons. The van der Waals surface area contributed by atoms with Gasteiger partial charge in [-0.05, 0) is 64.1 Å². The van der Waals surface area contributed by atoms with E-state index in [-0.39, 0.29) is 5.91 Å². The first-order valence-corrected chi connectivity index (χ1v) is 9.35. The van der Waals surface area contributed by atoms with Crippen molar-refractivity contribution in [3.05, 3.63) is 61.9 Å². The highest BCUT2D eigenvalue weighted by molar-refractivity contribution is 9.10. The summed E-state index contributed by atoms with van der Waals surface area (Å²) in [5.74, 6) is 0.531. The van der Waals surface area contributed by atoms with Gasteiger partial charge in [0, 0.05) is 14.5 Å². The fraction of sp³-hybridized carbons (Fsp3) is 0.0588. The van der Waals surface area contributed by atoms with Crippen molar-refractivity contribution >= 4 is 66.5 Å². The SMILES string of the molecule is COc1ccc(Br)cc1/C=C1/SC(=Nc2ccccc2Br)NC1=O. The van der Waals surface area contributed by atoms with Crippen molar-refractivity contribution in [1.82, 2.24) is 5.32 Å². The van der Waals surface area contributed by atoms with Crippen molar-refractivity contribution in [2.45, 2.75) is 0 Å². The van der Waals surface area contributed by atoms with Crippen LogP contribution in [0.5, 0.6) is 5.75 Å². The second kappa shape index (κ2) is 7.55. The number of benzene rings is 2. The molecule has 0 aliphatic carbocycles. The van der Waals surface area contributed by atoms with Crippen molar-refractivity contribution in [2.24, 2.45) is 4.99 Å². The molecule has 3 rings (SSSR count). The zero-order valence-corrected chi connectivity index (χ0v) is 16.5. The Balaban J connectivity index is 1.91. The lowest BCUT2D eigenvalue weighted by Gasteiger charge is -2.05. The van der Waals surface area contributed by atoms with Gasteiger partial charge in [-0.3, -0.25) is 4.79 Å². The predicted molar refractivity (Wildman–Crippen MR) is 106 cm³/mol. The molecular weight excluding hydrogens is 456 g/mol. The second-order valence-electron chi connectivity index (χ2n) is 4.82. The van der Waals surface area contributed by atoms with Gasteiger partial charge in [-0.2, -0.15) is 0 Å². The third kappa shape index (κ3) is 3.91. The highest BCUT2D eigenvalue weighted by Gasteiger charge is 2.24. The summed E-state index contributed by atoms with van der Waals surface area (Å²) in [4.78, 5) is 17.2. The van der Waals surface area contributed by atoms with E-state index >= 15 is 0 Å². The quantitative estimate of drug-likeness (QED) is 0.638. The number of ether oxygens (including phenoxy) is 1. The molecule has 1 amide bonds. The first kappa shape index (κ1) is 17.3. The second-order valence-corrected chi connectivity index (χ2v) is 7.62. The molecule has 1 heterocycles. The van der Waals surface area contributed by atoms with Crippen LogP contribution in [0.25, 0.3) is 6.08 Å². The Labute approximate surface area is 160 Å². The van der Waals surface area contributed by atoms with Gasteiger partial charge in [-0.25, -0.2) is 4.99 Å². The van der Waals surface area contributed by atoms with E-state index in [1.165, 1.54) is 11.8 Å². The number of rotatable bonds is 3. The summed E-state index contributed by atoms with van der Waals surface area (Å²) in [6.45, 7) is 0. The van der Waals surface area contributed by atoms with Crippen LogP contribution in [0.3, 0.4) is 0 Å². The lowest BCUT2D eigenvalue weighted by atomic mass is 10.2. The Morgan fingerprint density at radius 3 is 2.75 bits per heavy atom. The van der Waals surface area contributed by atoms with E-state index in [1.54, 1.807) is 13.2 Å². The van der Waals surface area contributed by atoms with E-state index in [2.05, 4.69) is 42.2 Å². The van der Waals surface area contributed by atoms with Gasteiger partial charge in [-0.15, -0.1) is 0 Å². The number of hydrogen-bond donors (Lipinski definition) is 1. The van der Waals surface area contributed by atoms with Crippen LogP contribution < -0.4 is 10.1 Å². The zero-order chi connectivity index (χ0) is 17.1. The van der Waals surface area contributed by atoms with Crippen molar-refractivity contribution < 1.29 is 9.53 Å². The van der Waals surface area contributed by atoms with Crippen molar-refractivity contribution in [3.63, 3.8) is 0 Å². The fourth-order valence-electron chi connectivity index (χ4n) is 2.09. The van der Waals surface area contributed by atoms with Crippen LogP contribution in [-0.4, -0.2) is 18.2 Å². The van der Waals surface area contributed by atoms with Gasteiger partial charge in [-0.1, -0.05) is 28.1 Å². The minimum absolute atomic E-state index is 0.173. The molecule has 1 N–H and O–H groups in total. The maximum Gasteiger partial charge on any atom is 0.264 e. The number of halogens is 2. The van der Waals surface area contributed by atoms with Crippen LogP contribution in [0.1, 0.15) is 5.56 Å². The van der Waals surface area contributed by atoms with Gasteiger partial charge in [0.25, 0.3) is 5.91 Å². The monoisotopic (exact) mass is 466 g/mol. The van der Waals surface area contributed by atoms with E-state index in [4.69, 9.17) is 4.74 Å². The third-order valence-electron chi connectivity index (χ3n) is 3.20. The highest BCUT2D eigenvalue weighted by atomic mass is 79.9. The molecule has 2 aromatic rings. The molecular formula is C17H12Br2N2O2S. The van der Waals surface area contributed by atoms with E-state index in [1.807, 2.05) is 42.5 Å². The molecule has 1 fully saturated rings. The van der Waals surface area contributed by atoms with Crippen molar-refractivity contribution in [1.29, 1.82) is 0 Å².